The second-order valence-corrected chi connectivity index (χ2v) is 6.53. The number of hydrogen-bond donors (Lipinski definition) is 1. The van der Waals surface area contributed by atoms with Gasteiger partial charge in [-0.25, -0.2) is 9.37 Å². The number of rotatable bonds is 4. The van der Waals surface area contributed by atoms with Crippen LogP contribution in [0.3, 0.4) is 0 Å². The molecule has 2 heterocycles. The van der Waals surface area contributed by atoms with Gasteiger partial charge in [0.2, 0.25) is 5.91 Å². The zero-order valence-electron chi connectivity index (χ0n) is 13.2. The molecular formula is C17H16FN3O2S. The van der Waals surface area contributed by atoms with E-state index in [1.165, 1.54) is 46.5 Å². The van der Waals surface area contributed by atoms with Crippen LogP contribution in [0.25, 0.3) is 10.2 Å². The smallest absolute Gasteiger partial charge is 0.262 e. The zero-order valence-corrected chi connectivity index (χ0v) is 14.1. The van der Waals surface area contributed by atoms with Crippen LogP contribution < -0.4 is 10.9 Å². The summed E-state index contributed by atoms with van der Waals surface area (Å²) in [7, 11) is 0. The number of carbonyl (C=O) groups is 1. The number of anilines is 1. The maximum atomic E-state index is 12.9. The first-order valence-corrected chi connectivity index (χ1v) is 8.37. The Kier molecular flexibility index (Phi) is 4.44. The van der Waals surface area contributed by atoms with Gasteiger partial charge in [-0.05, 0) is 43.7 Å². The Morgan fingerprint density at radius 3 is 2.75 bits per heavy atom. The van der Waals surface area contributed by atoms with Crippen molar-refractivity contribution in [2.24, 2.45) is 0 Å². The quantitative estimate of drug-likeness (QED) is 0.788. The number of aryl methyl sites for hydroxylation is 1. The van der Waals surface area contributed by atoms with Crippen molar-refractivity contribution in [2.45, 2.75) is 26.3 Å². The van der Waals surface area contributed by atoms with Gasteiger partial charge in [0.15, 0.2) is 0 Å². The van der Waals surface area contributed by atoms with E-state index in [1.807, 2.05) is 13.0 Å². The van der Waals surface area contributed by atoms with Gasteiger partial charge in [0.25, 0.3) is 5.56 Å². The Bertz CT molecular complexity index is 947. The SMILES string of the molecule is CCc1cc2c(=O)n(C(C)C(=O)Nc3ccc(F)cc3)cnc2s1. The molecule has 0 fully saturated rings. The van der Waals surface area contributed by atoms with Crippen molar-refractivity contribution >= 4 is 33.1 Å². The van der Waals surface area contributed by atoms with E-state index in [4.69, 9.17) is 0 Å². The molecule has 0 aliphatic rings. The van der Waals surface area contributed by atoms with E-state index in [2.05, 4.69) is 10.3 Å². The molecule has 0 bridgehead atoms. The van der Waals surface area contributed by atoms with Gasteiger partial charge in [-0.2, -0.15) is 0 Å². The molecule has 0 aliphatic carbocycles. The van der Waals surface area contributed by atoms with Gasteiger partial charge in [-0.15, -0.1) is 11.3 Å². The number of amides is 1. The molecule has 1 unspecified atom stereocenters. The summed E-state index contributed by atoms with van der Waals surface area (Å²) in [5, 5.41) is 3.20. The van der Waals surface area contributed by atoms with Gasteiger partial charge in [0.05, 0.1) is 11.7 Å². The largest absolute Gasteiger partial charge is 0.324 e. The van der Waals surface area contributed by atoms with Crippen LogP contribution in [0.15, 0.2) is 41.5 Å². The molecule has 3 aromatic rings. The normalized spacial score (nSPS) is 12.3. The lowest BCUT2D eigenvalue weighted by Crippen LogP contribution is -2.31. The zero-order chi connectivity index (χ0) is 17.3. The average molecular weight is 345 g/mol. The number of nitrogens with one attached hydrogen (secondary N) is 1. The van der Waals surface area contributed by atoms with Gasteiger partial charge in [0, 0.05) is 10.6 Å². The molecule has 7 heteroatoms. The Hall–Kier alpha value is -2.54. The lowest BCUT2D eigenvalue weighted by molar-refractivity contribution is -0.118. The maximum absolute atomic E-state index is 12.9. The molecule has 0 saturated heterocycles. The van der Waals surface area contributed by atoms with Gasteiger partial charge in [0.1, 0.15) is 16.7 Å². The van der Waals surface area contributed by atoms with Crippen LogP contribution in [0.5, 0.6) is 0 Å². The monoisotopic (exact) mass is 345 g/mol. The Morgan fingerprint density at radius 1 is 1.38 bits per heavy atom. The fourth-order valence-electron chi connectivity index (χ4n) is 2.34. The molecule has 0 radical (unpaired) electrons. The van der Waals surface area contributed by atoms with Gasteiger partial charge >= 0.3 is 0 Å². The van der Waals surface area contributed by atoms with E-state index < -0.39 is 6.04 Å². The van der Waals surface area contributed by atoms with Crippen molar-refractivity contribution in [3.05, 3.63) is 57.7 Å². The first kappa shape index (κ1) is 16.3. The fraction of sp³-hybridized carbons (Fsp3) is 0.235. The Balaban J connectivity index is 1.88. The van der Waals surface area contributed by atoms with Crippen LogP contribution in [-0.2, 0) is 11.2 Å². The maximum Gasteiger partial charge on any atom is 0.262 e. The molecule has 3 rings (SSSR count). The van der Waals surface area contributed by atoms with Gasteiger partial charge in [-0.3, -0.25) is 14.2 Å². The highest BCUT2D eigenvalue weighted by Crippen LogP contribution is 2.22. The van der Waals surface area contributed by atoms with E-state index >= 15 is 0 Å². The fourth-order valence-corrected chi connectivity index (χ4v) is 3.27. The van der Waals surface area contributed by atoms with Crippen molar-refractivity contribution < 1.29 is 9.18 Å². The van der Waals surface area contributed by atoms with E-state index in [9.17, 15) is 14.0 Å². The highest BCUT2D eigenvalue weighted by atomic mass is 32.1. The number of fused-ring (bicyclic) bond motifs is 1. The van der Waals surface area contributed by atoms with Crippen molar-refractivity contribution in [3.63, 3.8) is 0 Å². The highest BCUT2D eigenvalue weighted by Gasteiger charge is 2.18. The van der Waals surface area contributed by atoms with Crippen LogP contribution in [0, 0.1) is 5.82 Å². The van der Waals surface area contributed by atoms with Crippen molar-refractivity contribution in [3.8, 4) is 0 Å². The van der Waals surface area contributed by atoms with Crippen LogP contribution >= 0.6 is 11.3 Å². The molecule has 0 spiro atoms. The van der Waals surface area contributed by atoms with E-state index in [1.54, 1.807) is 6.92 Å². The first-order valence-electron chi connectivity index (χ1n) is 7.55. The molecule has 124 valence electrons. The second-order valence-electron chi connectivity index (χ2n) is 5.41. The molecule has 1 N–H and O–H groups in total. The summed E-state index contributed by atoms with van der Waals surface area (Å²) in [6.45, 7) is 3.64. The molecule has 1 aromatic carbocycles. The summed E-state index contributed by atoms with van der Waals surface area (Å²) in [5.74, 6) is -0.744. The summed E-state index contributed by atoms with van der Waals surface area (Å²) in [4.78, 5) is 31.0. The topological polar surface area (TPSA) is 64.0 Å². The van der Waals surface area contributed by atoms with Crippen molar-refractivity contribution in [1.82, 2.24) is 9.55 Å². The highest BCUT2D eigenvalue weighted by molar-refractivity contribution is 7.18. The third-order valence-corrected chi connectivity index (χ3v) is 4.97. The minimum atomic E-state index is -0.732. The Labute approximate surface area is 141 Å². The van der Waals surface area contributed by atoms with Crippen LogP contribution in [0.2, 0.25) is 0 Å². The molecule has 5 nitrogen and oxygen atoms in total. The average Bonchev–Trinajstić information content (AvgIpc) is 3.01. The number of aromatic nitrogens is 2. The van der Waals surface area contributed by atoms with E-state index in [-0.39, 0.29) is 17.3 Å². The lowest BCUT2D eigenvalue weighted by atomic mass is 10.2. The predicted molar refractivity (Wildman–Crippen MR) is 93.0 cm³/mol. The third kappa shape index (κ3) is 3.07. The third-order valence-electron chi connectivity index (χ3n) is 3.78. The second kappa shape index (κ2) is 6.52. The minimum Gasteiger partial charge on any atom is -0.324 e. The summed E-state index contributed by atoms with van der Waals surface area (Å²) in [6.07, 6.45) is 2.23. The molecule has 24 heavy (non-hydrogen) atoms. The number of thiophene rings is 1. The van der Waals surface area contributed by atoms with E-state index in [0.29, 0.717) is 15.9 Å². The number of hydrogen-bond acceptors (Lipinski definition) is 4. The Morgan fingerprint density at radius 2 is 2.08 bits per heavy atom. The predicted octanol–water partition coefficient (Wildman–Crippen LogP) is 3.36. The molecular weight excluding hydrogens is 329 g/mol. The summed E-state index contributed by atoms with van der Waals surface area (Å²) in [6, 6.07) is 6.56. The summed E-state index contributed by atoms with van der Waals surface area (Å²) in [5.41, 5.74) is 0.233. The number of carbonyl (C=O) groups excluding carboxylic acids is 1. The minimum absolute atomic E-state index is 0.238. The van der Waals surface area contributed by atoms with Gasteiger partial charge < -0.3 is 5.32 Å². The van der Waals surface area contributed by atoms with Crippen LogP contribution in [-0.4, -0.2) is 15.5 Å². The molecule has 0 aliphatic heterocycles. The van der Waals surface area contributed by atoms with Crippen LogP contribution in [0.1, 0.15) is 24.8 Å². The van der Waals surface area contributed by atoms with Gasteiger partial charge in [-0.1, -0.05) is 6.92 Å². The van der Waals surface area contributed by atoms with Crippen molar-refractivity contribution in [2.75, 3.05) is 5.32 Å². The molecule has 1 atom stereocenters. The first-order chi connectivity index (χ1) is 11.5. The standard InChI is InChI=1S/C17H16FN3O2S/c1-3-13-8-14-16(24-13)19-9-21(17(14)23)10(2)15(22)20-12-6-4-11(18)5-7-12/h4-10H,3H2,1-2H3,(H,20,22). The number of halogens is 1. The molecule has 0 saturated carbocycles. The summed E-state index contributed by atoms with van der Waals surface area (Å²) >= 11 is 1.48. The van der Waals surface area contributed by atoms with Crippen molar-refractivity contribution in [1.29, 1.82) is 0 Å². The van der Waals surface area contributed by atoms with Crippen LogP contribution in [0.4, 0.5) is 10.1 Å². The lowest BCUT2D eigenvalue weighted by Gasteiger charge is -2.14. The molecule has 2 aromatic heterocycles. The summed E-state index contributed by atoms with van der Waals surface area (Å²) < 4.78 is 14.2. The van der Waals surface area contributed by atoms with E-state index in [0.717, 1.165) is 11.3 Å². The number of benzene rings is 1. The number of nitrogens with zero attached hydrogens (tertiary/aromatic N) is 2. The molecule has 1 amide bonds.